The molecule has 2 unspecified atom stereocenters. The highest BCUT2D eigenvalue weighted by Gasteiger charge is 2.29. The number of aromatic nitrogens is 3. The van der Waals surface area contributed by atoms with Crippen LogP contribution in [0.25, 0.3) is 21.3 Å². The summed E-state index contributed by atoms with van der Waals surface area (Å²) in [6, 6.07) is 14.0. The van der Waals surface area contributed by atoms with Gasteiger partial charge >= 0.3 is 0 Å². The molecule has 2 aromatic heterocycles. The van der Waals surface area contributed by atoms with Crippen molar-refractivity contribution in [3.8, 4) is 22.2 Å². The molecule has 8 nitrogen and oxygen atoms in total. The van der Waals surface area contributed by atoms with E-state index in [9.17, 15) is 4.21 Å². The van der Waals surface area contributed by atoms with Gasteiger partial charge in [-0.1, -0.05) is 24.3 Å². The molecular formula is C26H28N6O2S2. The molecule has 0 radical (unpaired) electrons. The number of piperidine rings is 1. The lowest BCUT2D eigenvalue weighted by Crippen LogP contribution is -2.38. The van der Waals surface area contributed by atoms with E-state index >= 15 is 0 Å². The summed E-state index contributed by atoms with van der Waals surface area (Å²) in [4.78, 5) is 14.8. The fourth-order valence-corrected chi connectivity index (χ4v) is 6.32. The van der Waals surface area contributed by atoms with Crippen LogP contribution in [0.3, 0.4) is 0 Å². The topological polar surface area (TPSA) is 101 Å². The molecule has 3 N–H and O–H groups in total. The van der Waals surface area contributed by atoms with Crippen molar-refractivity contribution in [3.05, 3.63) is 53.7 Å². The average molecular weight is 521 g/mol. The lowest BCUT2D eigenvalue weighted by atomic mass is 10.1. The van der Waals surface area contributed by atoms with Crippen molar-refractivity contribution >= 4 is 44.7 Å². The summed E-state index contributed by atoms with van der Waals surface area (Å²) in [5, 5.41) is 9.91. The number of fused-ring (bicyclic) bond motifs is 1. The van der Waals surface area contributed by atoms with Gasteiger partial charge in [0.25, 0.3) is 0 Å². The first kappa shape index (κ1) is 23.3. The van der Waals surface area contributed by atoms with Crippen LogP contribution >= 0.6 is 11.3 Å². The van der Waals surface area contributed by atoms with Gasteiger partial charge in [-0.05, 0) is 57.4 Å². The van der Waals surface area contributed by atoms with Gasteiger partial charge in [-0.25, -0.2) is 19.2 Å². The molecular weight excluding hydrogens is 492 g/mol. The molecule has 0 spiro atoms. The summed E-state index contributed by atoms with van der Waals surface area (Å²) < 4.78 is 22.1. The Kier molecular flexibility index (Phi) is 6.56. The smallest absolute Gasteiger partial charge is 0.240 e. The Morgan fingerprint density at radius 1 is 1.08 bits per heavy atom. The van der Waals surface area contributed by atoms with E-state index in [0.29, 0.717) is 23.6 Å². The summed E-state index contributed by atoms with van der Waals surface area (Å²) in [5.41, 5.74) is 1.63. The minimum absolute atomic E-state index is 0.252. The van der Waals surface area contributed by atoms with Crippen molar-refractivity contribution in [3.63, 3.8) is 0 Å². The van der Waals surface area contributed by atoms with Crippen LogP contribution < -0.4 is 20.1 Å². The molecule has 0 bridgehead atoms. The minimum Gasteiger partial charge on any atom is -0.437 e. The van der Waals surface area contributed by atoms with Gasteiger partial charge in [-0.15, -0.1) is 11.3 Å². The van der Waals surface area contributed by atoms with E-state index in [1.54, 1.807) is 17.5 Å². The SMILES string of the molecule is Cc1nc(Oc2ccc(NS(=O)C3CC3)c3ccccc23)c(-c2ccnc(NC3CCCNC3)n2)s1. The van der Waals surface area contributed by atoms with Gasteiger partial charge < -0.3 is 20.1 Å². The predicted molar refractivity (Wildman–Crippen MR) is 146 cm³/mol. The third-order valence-electron chi connectivity index (χ3n) is 6.35. The molecule has 2 fully saturated rings. The molecule has 4 aromatic rings. The fraction of sp³-hybridized carbons (Fsp3) is 0.346. The van der Waals surface area contributed by atoms with Crippen molar-refractivity contribution in [1.29, 1.82) is 0 Å². The summed E-state index contributed by atoms with van der Waals surface area (Å²) in [7, 11) is -1.07. The number of hydrogen-bond donors (Lipinski definition) is 3. The van der Waals surface area contributed by atoms with Crippen LogP contribution in [-0.4, -0.2) is 43.5 Å². The molecule has 186 valence electrons. The molecule has 2 aromatic carbocycles. The van der Waals surface area contributed by atoms with Gasteiger partial charge in [-0.3, -0.25) is 0 Å². The fourth-order valence-electron chi connectivity index (χ4n) is 4.38. The maximum Gasteiger partial charge on any atom is 0.240 e. The Balaban J connectivity index is 1.29. The third-order valence-corrected chi connectivity index (χ3v) is 8.82. The molecule has 3 heterocycles. The molecule has 36 heavy (non-hydrogen) atoms. The lowest BCUT2D eigenvalue weighted by Gasteiger charge is -2.23. The van der Waals surface area contributed by atoms with E-state index in [0.717, 1.165) is 70.8 Å². The normalized spacial score (nSPS) is 18.6. The van der Waals surface area contributed by atoms with Crippen molar-refractivity contribution in [2.75, 3.05) is 23.1 Å². The number of benzene rings is 2. The first-order valence-corrected chi connectivity index (χ1v) is 14.3. The molecule has 2 atom stereocenters. The number of ether oxygens (including phenoxy) is 1. The third kappa shape index (κ3) is 5.07. The van der Waals surface area contributed by atoms with Gasteiger partial charge in [0.15, 0.2) is 0 Å². The quantitative estimate of drug-likeness (QED) is 0.291. The van der Waals surface area contributed by atoms with Crippen LogP contribution in [0.5, 0.6) is 11.6 Å². The molecule has 2 aliphatic rings. The zero-order chi connectivity index (χ0) is 24.5. The van der Waals surface area contributed by atoms with Gasteiger partial charge in [-0.2, -0.15) is 0 Å². The molecule has 1 saturated heterocycles. The van der Waals surface area contributed by atoms with E-state index in [-0.39, 0.29) is 5.25 Å². The van der Waals surface area contributed by atoms with Gasteiger partial charge in [0.05, 0.1) is 21.6 Å². The number of anilines is 2. The first-order chi connectivity index (χ1) is 17.6. The van der Waals surface area contributed by atoms with Gasteiger partial charge in [0, 0.05) is 29.6 Å². The zero-order valence-electron chi connectivity index (χ0n) is 20.0. The highest BCUT2D eigenvalue weighted by molar-refractivity contribution is 7.87. The number of nitrogens with zero attached hydrogens (tertiary/aromatic N) is 3. The van der Waals surface area contributed by atoms with Crippen molar-refractivity contribution < 1.29 is 8.95 Å². The summed E-state index contributed by atoms with van der Waals surface area (Å²) in [6.07, 6.45) is 6.05. The Morgan fingerprint density at radius 3 is 2.75 bits per heavy atom. The van der Waals surface area contributed by atoms with Crippen LogP contribution in [0.4, 0.5) is 11.6 Å². The number of thiazole rings is 1. The Bertz CT molecular complexity index is 1410. The summed E-state index contributed by atoms with van der Waals surface area (Å²) in [5.74, 6) is 1.83. The Hall–Kier alpha value is -3.08. The van der Waals surface area contributed by atoms with Crippen LogP contribution in [-0.2, 0) is 11.0 Å². The summed E-state index contributed by atoms with van der Waals surface area (Å²) in [6.45, 7) is 3.94. The molecule has 0 amide bonds. The molecule has 10 heteroatoms. The number of nitrogens with one attached hydrogen (secondary N) is 3. The molecule has 6 rings (SSSR count). The van der Waals surface area contributed by atoms with E-state index in [2.05, 4.69) is 25.3 Å². The molecule has 1 saturated carbocycles. The highest BCUT2D eigenvalue weighted by atomic mass is 32.2. The van der Waals surface area contributed by atoms with Crippen LogP contribution in [0.15, 0.2) is 48.7 Å². The molecule has 1 aliphatic carbocycles. The first-order valence-electron chi connectivity index (χ1n) is 12.3. The van der Waals surface area contributed by atoms with Crippen LogP contribution in [0.2, 0.25) is 0 Å². The van der Waals surface area contributed by atoms with Crippen LogP contribution in [0, 0.1) is 6.92 Å². The lowest BCUT2D eigenvalue weighted by molar-refractivity contribution is 0.472. The standard InChI is InChI=1S/C26H28N6O2S2/c1-16-29-25(24(35-16)22-12-14-28-26(31-22)30-17-5-4-13-27-15-17)34-23-11-10-21(32-36(33)18-8-9-18)19-6-2-3-7-20(19)23/h2-3,6-7,10-12,14,17-18,27,32H,4-5,8-9,13,15H2,1H3,(H,28,30,31). The number of aryl methyl sites for hydroxylation is 1. The van der Waals surface area contributed by atoms with E-state index in [1.807, 2.05) is 49.4 Å². The second kappa shape index (κ2) is 10.1. The maximum absolute atomic E-state index is 12.5. The van der Waals surface area contributed by atoms with E-state index in [4.69, 9.17) is 9.72 Å². The van der Waals surface area contributed by atoms with E-state index < -0.39 is 11.0 Å². The second-order valence-electron chi connectivity index (χ2n) is 9.18. The van der Waals surface area contributed by atoms with E-state index in [1.165, 1.54) is 0 Å². The average Bonchev–Trinajstić information content (AvgIpc) is 3.69. The van der Waals surface area contributed by atoms with Gasteiger partial charge in [0.2, 0.25) is 11.8 Å². The largest absolute Gasteiger partial charge is 0.437 e. The number of rotatable bonds is 8. The molecule has 1 aliphatic heterocycles. The monoisotopic (exact) mass is 520 g/mol. The maximum atomic E-state index is 12.5. The Labute approximate surface area is 216 Å². The second-order valence-corrected chi connectivity index (χ2v) is 11.8. The summed E-state index contributed by atoms with van der Waals surface area (Å²) >= 11 is 1.55. The van der Waals surface area contributed by atoms with Crippen molar-refractivity contribution in [1.82, 2.24) is 20.3 Å². The zero-order valence-corrected chi connectivity index (χ0v) is 21.6. The van der Waals surface area contributed by atoms with Crippen LogP contribution in [0.1, 0.15) is 30.7 Å². The minimum atomic E-state index is -1.07. The van der Waals surface area contributed by atoms with Crippen molar-refractivity contribution in [2.24, 2.45) is 0 Å². The number of hydrogen-bond acceptors (Lipinski definition) is 8. The van der Waals surface area contributed by atoms with Crippen molar-refractivity contribution in [2.45, 2.75) is 43.9 Å². The predicted octanol–water partition coefficient (Wildman–Crippen LogP) is 5.26. The van der Waals surface area contributed by atoms with Gasteiger partial charge in [0.1, 0.15) is 21.6 Å². The Morgan fingerprint density at radius 2 is 1.94 bits per heavy atom. The highest BCUT2D eigenvalue weighted by Crippen LogP contribution is 2.40.